The average molecular weight is 456 g/mol. The summed E-state index contributed by atoms with van der Waals surface area (Å²) in [5.41, 5.74) is 3.02. The van der Waals surface area contributed by atoms with Gasteiger partial charge in [-0.3, -0.25) is 9.99 Å². The van der Waals surface area contributed by atoms with Gasteiger partial charge in [0.15, 0.2) is 5.58 Å². The van der Waals surface area contributed by atoms with Gasteiger partial charge in [-0.2, -0.15) is 4.31 Å². The number of nitrogens with zero attached hydrogens (tertiary/aromatic N) is 3. The van der Waals surface area contributed by atoms with Gasteiger partial charge < -0.3 is 4.42 Å². The number of hydrogen-bond acceptors (Lipinski definition) is 8. The van der Waals surface area contributed by atoms with Crippen molar-refractivity contribution in [3.8, 4) is 0 Å². The number of sulfonamides is 2. The van der Waals surface area contributed by atoms with Crippen molar-refractivity contribution in [2.24, 2.45) is 7.05 Å². The lowest BCUT2D eigenvalue weighted by Gasteiger charge is -2.18. The summed E-state index contributed by atoms with van der Waals surface area (Å²) in [5.74, 6) is -0.501. The van der Waals surface area contributed by atoms with Gasteiger partial charge in [0, 0.05) is 32.4 Å². The third-order valence-corrected chi connectivity index (χ3v) is 7.75. The summed E-state index contributed by atoms with van der Waals surface area (Å²) in [6.45, 7) is 4.11. The molecule has 162 valence electrons. The number of pyridine rings is 1. The lowest BCUT2D eigenvalue weighted by atomic mass is 10.3. The minimum Gasteiger partial charge on any atom is -0.408 e. The molecule has 0 fully saturated rings. The van der Waals surface area contributed by atoms with Gasteiger partial charge in [0.2, 0.25) is 10.0 Å². The van der Waals surface area contributed by atoms with Crippen LogP contribution in [0.15, 0.2) is 55.5 Å². The van der Waals surface area contributed by atoms with Crippen molar-refractivity contribution in [1.82, 2.24) is 18.7 Å². The van der Waals surface area contributed by atoms with Crippen LogP contribution in [0.25, 0.3) is 11.1 Å². The molecular formula is C17H21N5O6S2. The quantitative estimate of drug-likeness (QED) is 0.476. The fourth-order valence-electron chi connectivity index (χ4n) is 2.78. The van der Waals surface area contributed by atoms with Crippen molar-refractivity contribution in [1.29, 1.82) is 0 Å². The Kier molecular flexibility index (Phi) is 5.99. The van der Waals surface area contributed by atoms with Crippen molar-refractivity contribution >= 4 is 37.0 Å². The standard InChI is InChI=1S/C17H21N5O6S2/c1-4-22(5-2)30(26,27)13-7-9-16(18-11-13)19-20-29(24,25)12-6-8-14-15(10-12)28-17(23)21(14)3/h6-11,20H,4-5H2,1-3H3,(H,18,19). The smallest absolute Gasteiger partial charge is 0.408 e. The minimum atomic E-state index is -4.01. The second-order valence-corrected chi connectivity index (χ2v) is 9.88. The normalized spacial score (nSPS) is 12.5. The van der Waals surface area contributed by atoms with Crippen molar-refractivity contribution in [2.75, 3.05) is 18.5 Å². The number of hydrazine groups is 1. The SMILES string of the molecule is CCN(CC)S(=O)(=O)c1ccc(NNS(=O)(=O)c2ccc3c(c2)oc(=O)n3C)nc1. The van der Waals surface area contributed by atoms with Crippen LogP contribution >= 0.6 is 0 Å². The van der Waals surface area contributed by atoms with E-state index >= 15 is 0 Å². The fourth-order valence-corrected chi connectivity index (χ4v) is 5.05. The van der Waals surface area contributed by atoms with Gasteiger partial charge in [0.05, 0.1) is 10.4 Å². The Balaban J connectivity index is 1.77. The average Bonchev–Trinajstić information content (AvgIpc) is 3.01. The summed E-state index contributed by atoms with van der Waals surface area (Å²) < 4.78 is 57.5. The van der Waals surface area contributed by atoms with E-state index in [0.29, 0.717) is 18.6 Å². The van der Waals surface area contributed by atoms with Crippen LogP contribution in [0.2, 0.25) is 0 Å². The van der Waals surface area contributed by atoms with Crippen LogP contribution in [-0.4, -0.2) is 43.8 Å². The van der Waals surface area contributed by atoms with E-state index in [9.17, 15) is 21.6 Å². The molecule has 0 aliphatic carbocycles. The number of fused-ring (bicyclic) bond motifs is 1. The molecule has 2 aromatic heterocycles. The molecule has 3 rings (SSSR count). The molecule has 0 spiro atoms. The molecule has 0 unspecified atom stereocenters. The number of aryl methyl sites for hydroxylation is 1. The number of hydrogen-bond donors (Lipinski definition) is 2. The molecule has 0 radical (unpaired) electrons. The van der Waals surface area contributed by atoms with Gasteiger partial charge in [-0.15, -0.1) is 4.83 Å². The Bertz CT molecular complexity index is 1320. The van der Waals surface area contributed by atoms with E-state index < -0.39 is 25.8 Å². The molecule has 2 N–H and O–H groups in total. The molecule has 2 heterocycles. The van der Waals surface area contributed by atoms with E-state index in [-0.39, 0.29) is 21.2 Å². The van der Waals surface area contributed by atoms with Gasteiger partial charge in [0.1, 0.15) is 10.7 Å². The molecule has 1 aromatic carbocycles. The molecule has 0 saturated carbocycles. The summed E-state index contributed by atoms with van der Waals surface area (Å²) in [7, 11) is -6.16. The van der Waals surface area contributed by atoms with Gasteiger partial charge in [0.25, 0.3) is 10.0 Å². The van der Waals surface area contributed by atoms with Crippen LogP contribution in [0.1, 0.15) is 13.8 Å². The number of anilines is 1. The molecular weight excluding hydrogens is 434 g/mol. The molecule has 11 nitrogen and oxygen atoms in total. The first-order valence-corrected chi connectivity index (χ1v) is 11.9. The molecule has 0 bridgehead atoms. The highest BCUT2D eigenvalue weighted by Crippen LogP contribution is 2.19. The van der Waals surface area contributed by atoms with Crippen molar-refractivity contribution in [2.45, 2.75) is 23.6 Å². The Labute approximate surface area is 173 Å². The monoisotopic (exact) mass is 455 g/mol. The van der Waals surface area contributed by atoms with E-state index in [0.717, 1.165) is 6.20 Å². The maximum absolute atomic E-state index is 12.5. The van der Waals surface area contributed by atoms with Crippen molar-refractivity contribution in [3.63, 3.8) is 0 Å². The molecule has 0 aliphatic rings. The van der Waals surface area contributed by atoms with Crippen LogP contribution < -0.4 is 16.0 Å². The van der Waals surface area contributed by atoms with Crippen LogP contribution in [0.4, 0.5) is 5.82 Å². The highest BCUT2D eigenvalue weighted by Gasteiger charge is 2.22. The second-order valence-electron chi connectivity index (χ2n) is 6.26. The summed E-state index contributed by atoms with van der Waals surface area (Å²) in [4.78, 5) is 17.5. The van der Waals surface area contributed by atoms with E-state index in [1.54, 1.807) is 13.8 Å². The minimum absolute atomic E-state index is 0.00386. The molecule has 0 saturated heterocycles. The Morgan fingerprint density at radius 3 is 2.33 bits per heavy atom. The third-order valence-electron chi connectivity index (χ3n) is 4.47. The first-order valence-electron chi connectivity index (χ1n) is 8.93. The zero-order valence-electron chi connectivity index (χ0n) is 16.5. The summed E-state index contributed by atoms with van der Waals surface area (Å²) in [6, 6.07) is 6.70. The number of oxazole rings is 1. The molecule has 13 heteroatoms. The van der Waals surface area contributed by atoms with Crippen LogP contribution in [0, 0.1) is 0 Å². The van der Waals surface area contributed by atoms with Gasteiger partial charge >= 0.3 is 5.76 Å². The molecule has 30 heavy (non-hydrogen) atoms. The zero-order valence-corrected chi connectivity index (χ0v) is 18.1. The van der Waals surface area contributed by atoms with Gasteiger partial charge in [-0.25, -0.2) is 26.6 Å². The van der Waals surface area contributed by atoms with E-state index in [4.69, 9.17) is 4.42 Å². The second kappa shape index (κ2) is 8.18. The lowest BCUT2D eigenvalue weighted by Crippen LogP contribution is -2.31. The fraction of sp³-hybridized carbons (Fsp3) is 0.294. The van der Waals surface area contributed by atoms with Gasteiger partial charge in [-0.05, 0) is 24.3 Å². The maximum atomic E-state index is 12.5. The molecule has 0 aliphatic heterocycles. The van der Waals surface area contributed by atoms with E-state index in [1.807, 2.05) is 0 Å². The molecule has 0 amide bonds. The Hall–Kier alpha value is -2.74. The van der Waals surface area contributed by atoms with Crippen molar-refractivity contribution < 1.29 is 21.3 Å². The highest BCUT2D eigenvalue weighted by atomic mass is 32.2. The van der Waals surface area contributed by atoms with Crippen molar-refractivity contribution in [3.05, 3.63) is 47.1 Å². The number of benzene rings is 1. The first-order chi connectivity index (χ1) is 14.1. The highest BCUT2D eigenvalue weighted by molar-refractivity contribution is 7.89. The summed E-state index contributed by atoms with van der Waals surface area (Å²) in [6.07, 6.45) is 1.15. The van der Waals surface area contributed by atoms with Gasteiger partial charge in [-0.1, -0.05) is 13.8 Å². The third kappa shape index (κ3) is 4.09. The van der Waals surface area contributed by atoms with Crippen LogP contribution in [-0.2, 0) is 27.1 Å². The summed E-state index contributed by atoms with van der Waals surface area (Å²) >= 11 is 0. The number of aromatic nitrogens is 2. The van der Waals surface area contributed by atoms with Crippen LogP contribution in [0.5, 0.6) is 0 Å². The lowest BCUT2D eigenvalue weighted by molar-refractivity contribution is 0.445. The molecule has 0 atom stereocenters. The predicted octanol–water partition coefficient (Wildman–Crippen LogP) is 0.862. The number of rotatable bonds is 8. The summed E-state index contributed by atoms with van der Waals surface area (Å²) in [5, 5.41) is 0. The van der Waals surface area contributed by atoms with E-state index in [2.05, 4.69) is 15.2 Å². The number of nitrogens with one attached hydrogen (secondary N) is 2. The Morgan fingerprint density at radius 1 is 1.07 bits per heavy atom. The molecule has 3 aromatic rings. The van der Waals surface area contributed by atoms with E-state index in [1.165, 1.54) is 46.3 Å². The topological polar surface area (TPSA) is 144 Å². The predicted molar refractivity (Wildman–Crippen MR) is 110 cm³/mol. The largest absolute Gasteiger partial charge is 0.419 e. The zero-order chi connectivity index (χ0) is 22.1. The Morgan fingerprint density at radius 2 is 1.73 bits per heavy atom. The maximum Gasteiger partial charge on any atom is 0.419 e. The van der Waals surface area contributed by atoms with Crippen LogP contribution in [0.3, 0.4) is 0 Å². The first kappa shape index (κ1) is 22.0.